The van der Waals surface area contributed by atoms with Gasteiger partial charge >= 0.3 is 0 Å². The van der Waals surface area contributed by atoms with Gasteiger partial charge in [0, 0.05) is 18.8 Å². The largest absolute Gasteiger partial charge is 0.399 e. The first-order valence-electron chi connectivity index (χ1n) is 6.31. The molecule has 0 saturated carbocycles. The van der Waals surface area contributed by atoms with Crippen LogP contribution in [-0.4, -0.2) is 34.6 Å². The Morgan fingerprint density at radius 3 is 3.00 bits per heavy atom. The fourth-order valence-electron chi connectivity index (χ4n) is 2.42. The Kier molecular flexibility index (Phi) is 3.57. The van der Waals surface area contributed by atoms with E-state index in [9.17, 15) is 9.90 Å². The summed E-state index contributed by atoms with van der Waals surface area (Å²) < 4.78 is 0. The molecule has 98 valence electrons. The van der Waals surface area contributed by atoms with Crippen molar-refractivity contribution < 1.29 is 9.90 Å². The van der Waals surface area contributed by atoms with Crippen LogP contribution in [0.2, 0.25) is 0 Å². The van der Waals surface area contributed by atoms with Crippen LogP contribution in [-0.2, 0) is 11.2 Å². The number of anilines is 1. The van der Waals surface area contributed by atoms with E-state index < -0.39 is 5.60 Å². The van der Waals surface area contributed by atoms with Crippen LogP contribution >= 0.6 is 0 Å². The second kappa shape index (κ2) is 4.98. The summed E-state index contributed by atoms with van der Waals surface area (Å²) in [6.45, 7) is 2.94. The van der Waals surface area contributed by atoms with E-state index >= 15 is 0 Å². The molecule has 1 unspecified atom stereocenters. The molecule has 4 heteroatoms. The van der Waals surface area contributed by atoms with Gasteiger partial charge in [-0.15, -0.1) is 0 Å². The fraction of sp³-hybridized carbons (Fsp3) is 0.500. The van der Waals surface area contributed by atoms with Crippen molar-refractivity contribution in [2.24, 2.45) is 0 Å². The molecule has 1 fully saturated rings. The van der Waals surface area contributed by atoms with Gasteiger partial charge in [-0.2, -0.15) is 0 Å². The van der Waals surface area contributed by atoms with Gasteiger partial charge < -0.3 is 15.7 Å². The number of benzene rings is 1. The van der Waals surface area contributed by atoms with Crippen molar-refractivity contribution in [3.8, 4) is 0 Å². The monoisotopic (exact) mass is 248 g/mol. The van der Waals surface area contributed by atoms with E-state index in [0.29, 0.717) is 18.7 Å². The summed E-state index contributed by atoms with van der Waals surface area (Å²) in [5.74, 6) is 0.0561. The Hall–Kier alpha value is -1.55. The molecular weight excluding hydrogens is 228 g/mol. The molecule has 3 N–H and O–H groups in total. The van der Waals surface area contributed by atoms with Crippen molar-refractivity contribution in [2.45, 2.75) is 31.8 Å². The number of amides is 1. The normalized spacial score (nSPS) is 24.0. The molecule has 0 aromatic heterocycles. The van der Waals surface area contributed by atoms with Gasteiger partial charge in [-0.05, 0) is 37.5 Å². The highest BCUT2D eigenvalue weighted by Crippen LogP contribution is 2.21. The summed E-state index contributed by atoms with van der Waals surface area (Å²) >= 11 is 0. The van der Waals surface area contributed by atoms with Crippen LogP contribution in [0.4, 0.5) is 5.69 Å². The molecule has 0 spiro atoms. The van der Waals surface area contributed by atoms with Gasteiger partial charge in [-0.1, -0.05) is 12.1 Å². The molecule has 0 bridgehead atoms. The molecule has 18 heavy (non-hydrogen) atoms. The summed E-state index contributed by atoms with van der Waals surface area (Å²) in [4.78, 5) is 13.9. The molecule has 1 aliphatic heterocycles. The fourth-order valence-corrected chi connectivity index (χ4v) is 2.42. The third-order valence-corrected chi connectivity index (χ3v) is 3.33. The Balaban J connectivity index is 2.00. The molecule has 1 aromatic carbocycles. The third kappa shape index (κ3) is 3.23. The summed E-state index contributed by atoms with van der Waals surface area (Å²) in [7, 11) is 0. The number of nitrogens with two attached hydrogens (primary N) is 1. The minimum Gasteiger partial charge on any atom is -0.399 e. The maximum atomic E-state index is 12.1. The molecule has 0 radical (unpaired) electrons. The van der Waals surface area contributed by atoms with Gasteiger partial charge in [0.05, 0.1) is 12.0 Å². The minimum atomic E-state index is -0.746. The lowest BCUT2D eigenvalue weighted by Crippen LogP contribution is -2.49. The first-order valence-corrected chi connectivity index (χ1v) is 6.31. The first-order chi connectivity index (χ1) is 8.46. The van der Waals surface area contributed by atoms with Gasteiger partial charge in [0.1, 0.15) is 0 Å². The first kappa shape index (κ1) is 12.9. The standard InChI is InChI=1S/C14H20N2O2/c1-14(18)6-3-7-16(10-14)13(17)9-11-4-2-5-12(15)8-11/h2,4-5,8,18H,3,6-7,9-10,15H2,1H3. The van der Waals surface area contributed by atoms with Crippen LogP contribution in [0.15, 0.2) is 24.3 Å². The lowest BCUT2D eigenvalue weighted by molar-refractivity contribution is -0.136. The molecule has 1 saturated heterocycles. The number of carbonyl (C=O) groups is 1. The highest BCUT2D eigenvalue weighted by molar-refractivity contribution is 5.79. The van der Waals surface area contributed by atoms with E-state index in [0.717, 1.165) is 24.9 Å². The van der Waals surface area contributed by atoms with E-state index in [-0.39, 0.29) is 5.91 Å². The second-order valence-corrected chi connectivity index (χ2v) is 5.34. The third-order valence-electron chi connectivity index (χ3n) is 3.33. The summed E-state index contributed by atoms with van der Waals surface area (Å²) in [5, 5.41) is 9.99. The van der Waals surface area contributed by atoms with Gasteiger partial charge in [0.25, 0.3) is 0 Å². The van der Waals surface area contributed by atoms with E-state index in [1.807, 2.05) is 18.2 Å². The Morgan fingerprint density at radius 1 is 1.56 bits per heavy atom. The number of hydrogen-bond acceptors (Lipinski definition) is 3. The Morgan fingerprint density at radius 2 is 2.33 bits per heavy atom. The zero-order valence-electron chi connectivity index (χ0n) is 10.7. The van der Waals surface area contributed by atoms with E-state index in [4.69, 9.17) is 5.73 Å². The average molecular weight is 248 g/mol. The Labute approximate surface area is 107 Å². The van der Waals surface area contributed by atoms with Crippen molar-refractivity contribution in [3.05, 3.63) is 29.8 Å². The number of piperidine rings is 1. The SMILES string of the molecule is CC1(O)CCCN(C(=O)Cc2cccc(N)c2)C1. The number of nitrogen functional groups attached to an aromatic ring is 1. The van der Waals surface area contributed by atoms with Crippen molar-refractivity contribution >= 4 is 11.6 Å². The number of rotatable bonds is 2. The molecule has 1 aromatic rings. The molecular formula is C14H20N2O2. The number of β-amino-alcohol motifs (C(OH)–C–C–N with tert-alkyl or cyclic N) is 1. The number of likely N-dealkylation sites (tertiary alicyclic amines) is 1. The van der Waals surface area contributed by atoms with Crippen LogP contribution in [0.25, 0.3) is 0 Å². The molecule has 1 atom stereocenters. The van der Waals surface area contributed by atoms with E-state index in [1.165, 1.54) is 0 Å². The highest BCUT2D eigenvalue weighted by Gasteiger charge is 2.30. The molecule has 4 nitrogen and oxygen atoms in total. The van der Waals surface area contributed by atoms with Gasteiger partial charge in [-0.25, -0.2) is 0 Å². The number of hydrogen-bond donors (Lipinski definition) is 2. The van der Waals surface area contributed by atoms with Crippen molar-refractivity contribution in [2.75, 3.05) is 18.8 Å². The molecule has 0 aliphatic carbocycles. The smallest absolute Gasteiger partial charge is 0.227 e. The zero-order chi connectivity index (χ0) is 13.2. The zero-order valence-corrected chi connectivity index (χ0v) is 10.7. The molecule has 1 heterocycles. The molecule has 1 amide bonds. The van der Waals surface area contributed by atoms with Gasteiger partial charge in [0.15, 0.2) is 0 Å². The van der Waals surface area contributed by atoms with Crippen molar-refractivity contribution in [1.29, 1.82) is 0 Å². The van der Waals surface area contributed by atoms with Crippen LogP contribution in [0, 0.1) is 0 Å². The second-order valence-electron chi connectivity index (χ2n) is 5.34. The summed E-state index contributed by atoms with van der Waals surface area (Å²) in [6, 6.07) is 7.38. The predicted octanol–water partition coefficient (Wildman–Crippen LogP) is 1.18. The summed E-state index contributed by atoms with van der Waals surface area (Å²) in [6.07, 6.45) is 1.96. The van der Waals surface area contributed by atoms with Crippen LogP contribution in [0.1, 0.15) is 25.3 Å². The topological polar surface area (TPSA) is 66.6 Å². The molecule has 1 aliphatic rings. The highest BCUT2D eigenvalue weighted by atomic mass is 16.3. The lowest BCUT2D eigenvalue weighted by Gasteiger charge is -2.36. The number of carbonyl (C=O) groups excluding carboxylic acids is 1. The number of aliphatic hydroxyl groups is 1. The lowest BCUT2D eigenvalue weighted by atomic mass is 9.94. The maximum absolute atomic E-state index is 12.1. The minimum absolute atomic E-state index is 0.0561. The van der Waals surface area contributed by atoms with Gasteiger partial charge in [0.2, 0.25) is 5.91 Å². The van der Waals surface area contributed by atoms with E-state index in [1.54, 1.807) is 17.9 Å². The average Bonchev–Trinajstić information content (AvgIpc) is 2.27. The van der Waals surface area contributed by atoms with Crippen LogP contribution < -0.4 is 5.73 Å². The molecule has 2 rings (SSSR count). The van der Waals surface area contributed by atoms with Crippen LogP contribution in [0.3, 0.4) is 0 Å². The van der Waals surface area contributed by atoms with Gasteiger partial charge in [-0.3, -0.25) is 4.79 Å². The predicted molar refractivity (Wildman–Crippen MR) is 71.0 cm³/mol. The van der Waals surface area contributed by atoms with Crippen molar-refractivity contribution in [3.63, 3.8) is 0 Å². The summed E-state index contributed by atoms with van der Waals surface area (Å²) in [5.41, 5.74) is 6.54. The number of nitrogens with zero attached hydrogens (tertiary/aromatic N) is 1. The Bertz CT molecular complexity index is 443. The van der Waals surface area contributed by atoms with E-state index in [2.05, 4.69) is 0 Å². The van der Waals surface area contributed by atoms with Crippen LogP contribution in [0.5, 0.6) is 0 Å². The quantitative estimate of drug-likeness (QED) is 0.772. The maximum Gasteiger partial charge on any atom is 0.227 e. The van der Waals surface area contributed by atoms with Crippen molar-refractivity contribution in [1.82, 2.24) is 4.90 Å².